The number of hydrogen-bond donors (Lipinski definition) is 0. The number of nitrogens with zero attached hydrogens (tertiary/aromatic N) is 3. The molecule has 2 aromatic rings. The third-order valence-electron chi connectivity index (χ3n) is 5.96. The molecule has 2 aromatic carbocycles. The van der Waals surface area contributed by atoms with Crippen molar-refractivity contribution in [2.45, 2.75) is 32.1 Å². The van der Waals surface area contributed by atoms with Gasteiger partial charge in [0.05, 0.1) is 17.5 Å². The van der Waals surface area contributed by atoms with Crippen molar-refractivity contribution >= 4 is 44.0 Å². The molecule has 4 rings (SSSR count). The Balaban J connectivity index is 1.62. The van der Waals surface area contributed by atoms with Gasteiger partial charge in [0.2, 0.25) is 0 Å². The molecule has 7 nitrogen and oxygen atoms in total. The SMILES string of the molecule is CCN(CC)c1ccc(N2C(=NC(=O)COc3ccccc3)S[C@H]3CS(=O)(=O)C[C@@H]32)c(C)c1. The summed E-state index contributed by atoms with van der Waals surface area (Å²) < 4.78 is 30.2. The van der Waals surface area contributed by atoms with Crippen molar-refractivity contribution in [3.05, 3.63) is 54.1 Å². The Morgan fingerprint density at radius 3 is 2.55 bits per heavy atom. The first kappa shape index (κ1) is 23.6. The number of aryl methyl sites for hydroxylation is 1. The van der Waals surface area contributed by atoms with Crippen LogP contribution >= 0.6 is 11.8 Å². The summed E-state index contributed by atoms with van der Waals surface area (Å²) >= 11 is 1.37. The molecule has 0 aromatic heterocycles. The molecule has 2 fully saturated rings. The molecule has 0 radical (unpaired) electrons. The van der Waals surface area contributed by atoms with E-state index in [-0.39, 0.29) is 29.4 Å². The van der Waals surface area contributed by atoms with E-state index in [2.05, 4.69) is 35.9 Å². The van der Waals surface area contributed by atoms with Crippen LogP contribution in [0.2, 0.25) is 0 Å². The molecule has 9 heteroatoms. The van der Waals surface area contributed by atoms with Crippen LogP contribution in [0.25, 0.3) is 0 Å². The minimum Gasteiger partial charge on any atom is -0.484 e. The number of benzene rings is 2. The van der Waals surface area contributed by atoms with Gasteiger partial charge in [-0.25, -0.2) is 8.42 Å². The molecule has 0 spiro atoms. The Morgan fingerprint density at radius 2 is 1.88 bits per heavy atom. The van der Waals surface area contributed by atoms with E-state index < -0.39 is 15.7 Å². The molecule has 2 atom stereocenters. The molecule has 0 saturated carbocycles. The lowest BCUT2D eigenvalue weighted by Gasteiger charge is -2.28. The number of aliphatic imine (C=N–C) groups is 1. The maximum Gasteiger partial charge on any atom is 0.285 e. The van der Waals surface area contributed by atoms with Crippen molar-refractivity contribution in [3.8, 4) is 5.75 Å². The van der Waals surface area contributed by atoms with Gasteiger partial charge in [-0.05, 0) is 56.7 Å². The number of carbonyl (C=O) groups is 1. The first-order chi connectivity index (χ1) is 15.8. The first-order valence-corrected chi connectivity index (χ1v) is 13.8. The monoisotopic (exact) mass is 487 g/mol. The second-order valence-corrected chi connectivity index (χ2v) is 11.6. The third kappa shape index (κ3) is 5.19. The number of fused-ring (bicyclic) bond motifs is 1. The van der Waals surface area contributed by atoms with Crippen molar-refractivity contribution in [1.82, 2.24) is 0 Å². The molecule has 1 amide bonds. The molecule has 2 aliphatic heterocycles. The lowest BCUT2D eigenvalue weighted by molar-refractivity contribution is -0.119. The predicted molar refractivity (Wildman–Crippen MR) is 135 cm³/mol. The van der Waals surface area contributed by atoms with Gasteiger partial charge in [0.1, 0.15) is 5.75 Å². The van der Waals surface area contributed by atoms with E-state index in [1.165, 1.54) is 11.8 Å². The highest BCUT2D eigenvalue weighted by Crippen LogP contribution is 2.42. The highest BCUT2D eigenvalue weighted by molar-refractivity contribution is 8.16. The van der Waals surface area contributed by atoms with Crippen molar-refractivity contribution in [3.63, 3.8) is 0 Å². The van der Waals surface area contributed by atoms with Gasteiger partial charge in [0.25, 0.3) is 5.91 Å². The van der Waals surface area contributed by atoms with E-state index in [4.69, 9.17) is 4.74 Å². The number of amides is 1. The molecule has 0 aliphatic carbocycles. The van der Waals surface area contributed by atoms with Crippen LogP contribution < -0.4 is 14.5 Å². The van der Waals surface area contributed by atoms with Crippen LogP contribution in [0.15, 0.2) is 53.5 Å². The molecule has 2 saturated heterocycles. The Kier molecular flexibility index (Phi) is 6.99. The van der Waals surface area contributed by atoms with Crippen LogP contribution in [0.5, 0.6) is 5.75 Å². The van der Waals surface area contributed by atoms with Crippen molar-refractivity contribution in [2.24, 2.45) is 4.99 Å². The van der Waals surface area contributed by atoms with E-state index in [0.29, 0.717) is 10.9 Å². The van der Waals surface area contributed by atoms with Gasteiger partial charge < -0.3 is 14.5 Å². The molecule has 2 heterocycles. The van der Waals surface area contributed by atoms with E-state index >= 15 is 0 Å². The number of sulfone groups is 1. The summed E-state index contributed by atoms with van der Waals surface area (Å²) in [6.45, 7) is 7.88. The Morgan fingerprint density at radius 1 is 1.15 bits per heavy atom. The third-order valence-corrected chi connectivity index (χ3v) is 9.17. The standard InChI is InChI=1S/C24H29N3O4S2/c1-4-26(5-2)18-11-12-20(17(3)13-18)27-21-15-33(29,30)16-22(21)32-24(27)25-23(28)14-31-19-9-7-6-8-10-19/h6-13,21-22H,4-5,14-16H2,1-3H3/t21-,22-/m0/s1. The fraction of sp³-hybridized carbons (Fsp3) is 0.417. The smallest absolute Gasteiger partial charge is 0.285 e. The van der Waals surface area contributed by atoms with Crippen LogP contribution in [0.3, 0.4) is 0 Å². The van der Waals surface area contributed by atoms with Crippen LogP contribution in [0.4, 0.5) is 11.4 Å². The zero-order valence-electron chi connectivity index (χ0n) is 19.1. The Labute approximate surface area is 199 Å². The summed E-state index contributed by atoms with van der Waals surface area (Å²) in [4.78, 5) is 21.2. The van der Waals surface area contributed by atoms with Crippen molar-refractivity contribution in [1.29, 1.82) is 0 Å². The average molecular weight is 488 g/mol. The number of para-hydroxylation sites is 1. The van der Waals surface area contributed by atoms with E-state index in [9.17, 15) is 13.2 Å². The summed E-state index contributed by atoms with van der Waals surface area (Å²) in [5.41, 5.74) is 3.03. The highest BCUT2D eigenvalue weighted by atomic mass is 32.2. The van der Waals surface area contributed by atoms with Crippen molar-refractivity contribution in [2.75, 3.05) is 41.0 Å². The average Bonchev–Trinajstić information content (AvgIpc) is 3.25. The number of amidine groups is 1. The number of rotatable bonds is 7. The first-order valence-electron chi connectivity index (χ1n) is 11.1. The Bertz CT molecular complexity index is 1150. The minimum absolute atomic E-state index is 0.0651. The molecule has 33 heavy (non-hydrogen) atoms. The number of ether oxygens (including phenoxy) is 1. The zero-order valence-corrected chi connectivity index (χ0v) is 20.7. The number of anilines is 2. The lowest BCUT2D eigenvalue weighted by Crippen LogP contribution is -2.38. The minimum atomic E-state index is -3.12. The summed E-state index contributed by atoms with van der Waals surface area (Å²) in [7, 11) is -3.12. The molecule has 0 N–H and O–H groups in total. The summed E-state index contributed by atoms with van der Waals surface area (Å²) in [6, 6.07) is 15.1. The van der Waals surface area contributed by atoms with Gasteiger partial charge in [-0.15, -0.1) is 0 Å². The van der Waals surface area contributed by atoms with Crippen molar-refractivity contribution < 1.29 is 17.9 Å². The normalized spacial score (nSPS) is 22.4. The number of carbonyl (C=O) groups excluding carboxylic acids is 1. The molecule has 176 valence electrons. The number of hydrogen-bond acceptors (Lipinski definition) is 6. The predicted octanol–water partition coefficient (Wildman–Crippen LogP) is 3.52. The van der Waals surface area contributed by atoms with E-state index in [1.807, 2.05) is 36.1 Å². The second kappa shape index (κ2) is 9.77. The van der Waals surface area contributed by atoms with Crippen LogP contribution in [0, 0.1) is 6.92 Å². The quantitative estimate of drug-likeness (QED) is 0.591. The molecular weight excluding hydrogens is 458 g/mol. The maximum absolute atomic E-state index is 12.6. The maximum atomic E-state index is 12.6. The zero-order chi connectivity index (χ0) is 23.6. The fourth-order valence-corrected chi connectivity index (χ4v) is 8.27. The van der Waals surface area contributed by atoms with Crippen LogP contribution in [-0.2, 0) is 14.6 Å². The van der Waals surface area contributed by atoms with Crippen LogP contribution in [0.1, 0.15) is 19.4 Å². The van der Waals surface area contributed by atoms with Gasteiger partial charge >= 0.3 is 0 Å². The van der Waals surface area contributed by atoms with E-state index in [1.54, 1.807) is 12.1 Å². The fourth-order valence-electron chi connectivity index (χ4n) is 4.34. The Hall–Kier alpha value is -2.52. The lowest BCUT2D eigenvalue weighted by atomic mass is 10.1. The largest absolute Gasteiger partial charge is 0.484 e. The van der Waals surface area contributed by atoms with Gasteiger partial charge in [-0.2, -0.15) is 4.99 Å². The molecule has 2 aliphatic rings. The molecule has 0 unspecified atom stereocenters. The summed E-state index contributed by atoms with van der Waals surface area (Å²) in [6.07, 6.45) is 0. The van der Waals surface area contributed by atoms with Gasteiger partial charge in [0.15, 0.2) is 21.6 Å². The molecular formula is C24H29N3O4S2. The highest BCUT2D eigenvalue weighted by Gasteiger charge is 2.49. The second-order valence-electron chi connectivity index (χ2n) is 8.20. The van der Waals surface area contributed by atoms with Gasteiger partial charge in [-0.1, -0.05) is 30.0 Å². The van der Waals surface area contributed by atoms with Crippen LogP contribution in [-0.4, -0.2) is 62.0 Å². The van der Waals surface area contributed by atoms with Gasteiger partial charge in [-0.3, -0.25) is 4.79 Å². The summed E-state index contributed by atoms with van der Waals surface area (Å²) in [5, 5.41) is 0.402. The van der Waals surface area contributed by atoms with E-state index in [0.717, 1.165) is 30.0 Å². The topological polar surface area (TPSA) is 79.3 Å². The number of thioether (sulfide) groups is 1. The van der Waals surface area contributed by atoms with Gasteiger partial charge in [0, 0.05) is 29.7 Å². The summed E-state index contributed by atoms with van der Waals surface area (Å²) in [5.74, 6) is 0.373. The molecule has 0 bridgehead atoms.